The van der Waals surface area contributed by atoms with Gasteiger partial charge in [0.25, 0.3) is 0 Å². The van der Waals surface area contributed by atoms with Gasteiger partial charge in [-0.25, -0.2) is 18.4 Å². The van der Waals surface area contributed by atoms with E-state index in [2.05, 4.69) is 14.1 Å². The lowest BCUT2D eigenvalue weighted by Gasteiger charge is -2.26. The van der Waals surface area contributed by atoms with Gasteiger partial charge in [-0.2, -0.15) is 17.6 Å². The summed E-state index contributed by atoms with van der Waals surface area (Å²) in [5.41, 5.74) is -9.88. The standard InChI is InChI=1S/C15H28F4O6S2/c1-3-5-7-9-11-13(12-10-8-6-4-2)27(21,22)15(18,19)23-14(16,17)26-25-24-20/h13,20H,3-12H2,1-2H3. The van der Waals surface area contributed by atoms with Crippen LogP contribution in [0.3, 0.4) is 0 Å². The topological polar surface area (TPSA) is 82.1 Å². The summed E-state index contributed by atoms with van der Waals surface area (Å²) in [6.45, 7) is 3.89. The maximum atomic E-state index is 14.1. The maximum absolute atomic E-state index is 14.1. The Morgan fingerprint density at radius 3 is 1.81 bits per heavy atom. The van der Waals surface area contributed by atoms with Crippen molar-refractivity contribution < 1.29 is 45.3 Å². The lowest BCUT2D eigenvalue weighted by molar-refractivity contribution is -0.436. The van der Waals surface area contributed by atoms with E-state index in [1.54, 1.807) is 0 Å². The Morgan fingerprint density at radius 2 is 1.41 bits per heavy atom. The van der Waals surface area contributed by atoms with Crippen LogP contribution in [-0.4, -0.2) is 29.8 Å². The van der Waals surface area contributed by atoms with Crippen molar-refractivity contribution in [2.24, 2.45) is 0 Å². The average Bonchev–Trinajstić information content (AvgIpc) is 2.57. The van der Waals surface area contributed by atoms with Crippen molar-refractivity contribution in [1.82, 2.24) is 0 Å². The van der Waals surface area contributed by atoms with Crippen LogP contribution >= 0.6 is 12.0 Å². The van der Waals surface area contributed by atoms with E-state index in [9.17, 15) is 26.0 Å². The second-order valence-electron chi connectivity index (χ2n) is 6.12. The normalized spacial score (nSPS) is 13.5. The molecule has 0 heterocycles. The van der Waals surface area contributed by atoms with Crippen LogP contribution in [0.2, 0.25) is 0 Å². The molecule has 0 aliphatic heterocycles. The molecule has 0 amide bonds. The van der Waals surface area contributed by atoms with Crippen LogP contribution in [0.4, 0.5) is 17.6 Å². The molecule has 0 spiro atoms. The number of sulfone groups is 1. The maximum Gasteiger partial charge on any atom is 0.467 e. The third kappa shape index (κ3) is 10.3. The van der Waals surface area contributed by atoms with Crippen molar-refractivity contribution in [2.45, 2.75) is 94.2 Å². The van der Waals surface area contributed by atoms with E-state index in [0.717, 1.165) is 25.7 Å². The van der Waals surface area contributed by atoms with Crippen LogP contribution in [0, 0.1) is 0 Å². The van der Waals surface area contributed by atoms with Gasteiger partial charge in [-0.05, 0) is 12.8 Å². The molecule has 0 saturated carbocycles. The van der Waals surface area contributed by atoms with Crippen LogP contribution < -0.4 is 0 Å². The first-order valence-electron chi connectivity index (χ1n) is 8.89. The lowest BCUT2D eigenvalue weighted by atomic mass is 10.1. The molecule has 0 saturated heterocycles. The minimum atomic E-state index is -5.34. The zero-order valence-corrected chi connectivity index (χ0v) is 17.1. The van der Waals surface area contributed by atoms with Crippen molar-refractivity contribution in [3.63, 3.8) is 0 Å². The Hall–Kier alpha value is -0.140. The van der Waals surface area contributed by atoms with E-state index in [4.69, 9.17) is 5.26 Å². The van der Waals surface area contributed by atoms with Crippen molar-refractivity contribution in [1.29, 1.82) is 0 Å². The highest BCUT2D eigenvalue weighted by Gasteiger charge is 2.57. The van der Waals surface area contributed by atoms with E-state index < -0.39 is 38.0 Å². The summed E-state index contributed by atoms with van der Waals surface area (Å²) in [4.78, 5) is 0. The zero-order valence-electron chi connectivity index (χ0n) is 15.5. The summed E-state index contributed by atoms with van der Waals surface area (Å²) in [6.07, 6.45) is 5.42. The molecule has 6 nitrogen and oxygen atoms in total. The van der Waals surface area contributed by atoms with E-state index in [-0.39, 0.29) is 12.8 Å². The Bertz CT molecular complexity index is 479. The van der Waals surface area contributed by atoms with E-state index in [1.807, 2.05) is 13.8 Å². The van der Waals surface area contributed by atoms with Gasteiger partial charge in [0.15, 0.2) is 0 Å². The average molecular weight is 445 g/mol. The highest BCUT2D eigenvalue weighted by atomic mass is 32.2. The first-order valence-corrected chi connectivity index (χ1v) is 11.2. The Balaban J connectivity index is 5.17. The monoisotopic (exact) mass is 444 g/mol. The molecule has 0 aliphatic rings. The minimum absolute atomic E-state index is 0.0532. The number of unbranched alkanes of at least 4 members (excludes halogenated alkanes) is 6. The number of hydrogen-bond donors (Lipinski definition) is 1. The van der Waals surface area contributed by atoms with Gasteiger partial charge in [-0.3, -0.25) is 0 Å². The fourth-order valence-electron chi connectivity index (χ4n) is 2.51. The highest BCUT2D eigenvalue weighted by Crippen LogP contribution is 2.41. The largest absolute Gasteiger partial charge is 0.467 e. The molecule has 0 atom stereocenters. The smallest absolute Gasteiger partial charge is 0.231 e. The third-order valence-electron chi connectivity index (χ3n) is 3.93. The number of rotatable bonds is 17. The first kappa shape index (κ1) is 26.9. The number of ether oxygens (including phenoxy) is 1. The van der Waals surface area contributed by atoms with Gasteiger partial charge in [0.05, 0.1) is 5.25 Å². The predicted molar refractivity (Wildman–Crippen MR) is 93.6 cm³/mol. The third-order valence-corrected chi connectivity index (χ3v) is 6.43. The molecule has 0 radical (unpaired) electrons. The molecule has 0 aliphatic carbocycles. The molecule has 0 unspecified atom stereocenters. The van der Waals surface area contributed by atoms with Gasteiger partial charge >= 0.3 is 10.9 Å². The number of halogens is 4. The summed E-state index contributed by atoms with van der Waals surface area (Å²) in [5.74, 6) is 0. The zero-order chi connectivity index (χ0) is 21.0. The second kappa shape index (κ2) is 13.2. The second-order valence-corrected chi connectivity index (χ2v) is 9.13. The Morgan fingerprint density at radius 1 is 0.926 bits per heavy atom. The molecule has 0 fully saturated rings. The lowest BCUT2D eigenvalue weighted by Crippen LogP contribution is -2.43. The number of alkyl halides is 4. The van der Waals surface area contributed by atoms with Gasteiger partial charge in [0.2, 0.25) is 9.84 Å². The van der Waals surface area contributed by atoms with Crippen LogP contribution in [-0.2, 0) is 23.9 Å². The SMILES string of the molecule is CCCCCCC(CCCCCC)S(=O)(=O)C(F)(F)OC(F)(F)SOOO. The van der Waals surface area contributed by atoms with Crippen molar-refractivity contribution >= 4 is 21.9 Å². The molecule has 0 aromatic heterocycles. The van der Waals surface area contributed by atoms with Gasteiger partial charge in [-0.1, -0.05) is 70.3 Å². The molecule has 1 N–H and O–H groups in total. The van der Waals surface area contributed by atoms with E-state index in [0.29, 0.717) is 25.7 Å². The molecule has 164 valence electrons. The van der Waals surface area contributed by atoms with Crippen molar-refractivity contribution in [3.8, 4) is 0 Å². The molecule has 27 heavy (non-hydrogen) atoms. The van der Waals surface area contributed by atoms with Crippen molar-refractivity contribution in [2.75, 3.05) is 0 Å². The molecular formula is C15H28F4O6S2. The number of hydrogen-bond acceptors (Lipinski definition) is 7. The fraction of sp³-hybridized carbons (Fsp3) is 1.00. The summed E-state index contributed by atoms with van der Waals surface area (Å²) in [6, 6.07) is 0. The molecule has 0 rings (SSSR count). The fourth-order valence-corrected chi connectivity index (χ4v) is 4.38. The predicted octanol–water partition coefficient (Wildman–Crippen LogP) is 5.90. The van der Waals surface area contributed by atoms with E-state index in [1.165, 1.54) is 0 Å². The Kier molecular flexibility index (Phi) is 13.1. The summed E-state index contributed by atoms with van der Waals surface area (Å²) in [7, 11) is -5.34. The molecule has 0 aromatic rings. The van der Waals surface area contributed by atoms with Gasteiger partial charge in [0, 0.05) is 0 Å². The quantitative estimate of drug-likeness (QED) is 0.0747. The van der Waals surface area contributed by atoms with Crippen LogP contribution in [0.25, 0.3) is 0 Å². The van der Waals surface area contributed by atoms with Crippen LogP contribution in [0.15, 0.2) is 0 Å². The van der Waals surface area contributed by atoms with Crippen LogP contribution in [0.1, 0.15) is 78.1 Å². The molecule has 0 aromatic carbocycles. The van der Waals surface area contributed by atoms with E-state index >= 15 is 0 Å². The minimum Gasteiger partial charge on any atom is -0.231 e. The van der Waals surface area contributed by atoms with Crippen molar-refractivity contribution in [3.05, 3.63) is 0 Å². The van der Waals surface area contributed by atoms with Gasteiger partial charge in [-0.15, -0.1) is 4.33 Å². The Labute approximate surface area is 161 Å². The summed E-state index contributed by atoms with van der Waals surface area (Å²) in [5, 5.41) is 9.22. The summed E-state index contributed by atoms with van der Waals surface area (Å²) >= 11 is -1.09. The highest BCUT2D eigenvalue weighted by molar-refractivity contribution is 7.95. The molecule has 12 heteroatoms. The molecule has 0 bridgehead atoms. The summed E-state index contributed by atoms with van der Waals surface area (Å²) < 4.78 is 85.9. The van der Waals surface area contributed by atoms with Crippen LogP contribution in [0.5, 0.6) is 0 Å². The molecular weight excluding hydrogens is 416 g/mol. The van der Waals surface area contributed by atoms with Gasteiger partial charge in [0.1, 0.15) is 12.0 Å². The van der Waals surface area contributed by atoms with Gasteiger partial charge < -0.3 is 0 Å². The first-order chi connectivity index (χ1) is 12.5.